The van der Waals surface area contributed by atoms with Crippen molar-refractivity contribution in [2.75, 3.05) is 18.4 Å². The fraction of sp³-hybridized carbons (Fsp3) is 0.316. The van der Waals surface area contributed by atoms with Crippen molar-refractivity contribution in [1.29, 1.82) is 0 Å². The molecule has 0 aromatic heterocycles. The number of nitrogens with one attached hydrogen (secondary N) is 1. The maximum Gasteiger partial charge on any atom is 0.129 e. The van der Waals surface area contributed by atoms with Crippen molar-refractivity contribution in [1.82, 2.24) is 0 Å². The van der Waals surface area contributed by atoms with Gasteiger partial charge in [-0.3, -0.25) is 4.99 Å². The lowest BCUT2D eigenvalue weighted by atomic mass is 9.98. The van der Waals surface area contributed by atoms with Crippen molar-refractivity contribution in [2.24, 2.45) is 4.99 Å². The Morgan fingerprint density at radius 1 is 1.18 bits per heavy atom. The molecule has 0 bridgehead atoms. The van der Waals surface area contributed by atoms with Gasteiger partial charge in [0.1, 0.15) is 5.82 Å². The van der Waals surface area contributed by atoms with Crippen molar-refractivity contribution in [2.45, 2.75) is 26.7 Å². The molecule has 0 atom stereocenters. The van der Waals surface area contributed by atoms with Gasteiger partial charge in [-0.2, -0.15) is 0 Å². The molecule has 0 saturated carbocycles. The van der Waals surface area contributed by atoms with Gasteiger partial charge < -0.3 is 5.32 Å². The van der Waals surface area contributed by atoms with Crippen molar-refractivity contribution in [3.63, 3.8) is 0 Å². The Bertz CT molecular complexity index is 719. The molecule has 2 aromatic carbocycles. The summed E-state index contributed by atoms with van der Waals surface area (Å²) in [4.78, 5) is 4.50. The van der Waals surface area contributed by atoms with Crippen LogP contribution in [-0.2, 0) is 12.8 Å². The SMILES string of the molecule is CC1=NCCc2ccc(NCCc3cccc(C)c3F)cc21. The zero-order chi connectivity index (χ0) is 15.5. The van der Waals surface area contributed by atoms with E-state index in [4.69, 9.17) is 0 Å². The fourth-order valence-electron chi connectivity index (χ4n) is 2.91. The summed E-state index contributed by atoms with van der Waals surface area (Å²) in [6.07, 6.45) is 1.69. The van der Waals surface area contributed by atoms with Gasteiger partial charge in [-0.1, -0.05) is 24.3 Å². The monoisotopic (exact) mass is 296 g/mol. The van der Waals surface area contributed by atoms with Gasteiger partial charge in [-0.15, -0.1) is 0 Å². The zero-order valence-corrected chi connectivity index (χ0v) is 13.1. The van der Waals surface area contributed by atoms with Crippen LogP contribution < -0.4 is 5.32 Å². The van der Waals surface area contributed by atoms with Gasteiger partial charge >= 0.3 is 0 Å². The van der Waals surface area contributed by atoms with Gasteiger partial charge in [0.25, 0.3) is 0 Å². The Balaban J connectivity index is 1.66. The molecule has 22 heavy (non-hydrogen) atoms. The second kappa shape index (κ2) is 6.30. The zero-order valence-electron chi connectivity index (χ0n) is 13.1. The molecule has 0 unspecified atom stereocenters. The third-order valence-corrected chi connectivity index (χ3v) is 4.23. The van der Waals surface area contributed by atoms with Gasteiger partial charge in [0.2, 0.25) is 0 Å². The molecule has 2 aromatic rings. The molecule has 0 aliphatic carbocycles. The maximum absolute atomic E-state index is 14.0. The predicted molar refractivity (Wildman–Crippen MR) is 90.6 cm³/mol. The number of anilines is 1. The highest BCUT2D eigenvalue weighted by Gasteiger charge is 2.11. The van der Waals surface area contributed by atoms with E-state index in [0.29, 0.717) is 12.0 Å². The lowest BCUT2D eigenvalue weighted by Crippen LogP contribution is -2.12. The van der Waals surface area contributed by atoms with Crippen molar-refractivity contribution in [3.8, 4) is 0 Å². The number of halogens is 1. The van der Waals surface area contributed by atoms with E-state index in [9.17, 15) is 4.39 Å². The average Bonchev–Trinajstić information content (AvgIpc) is 2.52. The highest BCUT2D eigenvalue weighted by Crippen LogP contribution is 2.21. The van der Waals surface area contributed by atoms with Crippen LogP contribution in [0.15, 0.2) is 41.4 Å². The highest BCUT2D eigenvalue weighted by molar-refractivity contribution is 6.01. The van der Waals surface area contributed by atoms with E-state index in [-0.39, 0.29) is 5.82 Å². The van der Waals surface area contributed by atoms with Crippen LogP contribution in [0.1, 0.15) is 29.2 Å². The number of benzene rings is 2. The molecule has 0 amide bonds. The highest BCUT2D eigenvalue weighted by atomic mass is 19.1. The first kappa shape index (κ1) is 14.8. The summed E-state index contributed by atoms with van der Waals surface area (Å²) < 4.78 is 14.0. The lowest BCUT2D eigenvalue weighted by Gasteiger charge is -2.16. The molecule has 0 fully saturated rings. The summed E-state index contributed by atoms with van der Waals surface area (Å²) in [6.45, 7) is 5.47. The van der Waals surface area contributed by atoms with Crippen LogP contribution in [0.4, 0.5) is 10.1 Å². The van der Waals surface area contributed by atoms with Gasteiger partial charge in [0, 0.05) is 30.1 Å². The second-order valence-corrected chi connectivity index (χ2v) is 5.81. The Labute approximate surface area is 131 Å². The van der Waals surface area contributed by atoms with E-state index >= 15 is 0 Å². The van der Waals surface area contributed by atoms with E-state index in [1.165, 1.54) is 11.1 Å². The standard InChI is InChI=1S/C19H21FN2/c1-13-4-3-5-16(19(13)20)9-11-22-17-7-6-15-8-10-21-14(2)18(15)12-17/h3-7,12,22H,8-11H2,1-2H3. The number of hydrogen-bond acceptors (Lipinski definition) is 2. The van der Waals surface area contributed by atoms with E-state index in [1.54, 1.807) is 13.0 Å². The molecule has 3 heteroatoms. The van der Waals surface area contributed by atoms with Gasteiger partial charge in [0.15, 0.2) is 0 Å². The summed E-state index contributed by atoms with van der Waals surface area (Å²) in [6, 6.07) is 12.0. The van der Waals surface area contributed by atoms with Crippen LogP contribution in [0.2, 0.25) is 0 Å². The Hall–Kier alpha value is -2.16. The first-order chi connectivity index (χ1) is 10.6. The minimum atomic E-state index is -0.0854. The topological polar surface area (TPSA) is 24.4 Å². The number of nitrogens with zero attached hydrogens (tertiary/aromatic N) is 1. The van der Waals surface area contributed by atoms with Crippen LogP contribution >= 0.6 is 0 Å². The number of aryl methyl sites for hydroxylation is 1. The van der Waals surface area contributed by atoms with E-state index in [2.05, 4.69) is 35.4 Å². The molecule has 1 aliphatic heterocycles. The summed E-state index contributed by atoms with van der Waals surface area (Å²) in [7, 11) is 0. The number of fused-ring (bicyclic) bond motifs is 1. The quantitative estimate of drug-likeness (QED) is 0.900. The van der Waals surface area contributed by atoms with Crippen LogP contribution in [0.5, 0.6) is 0 Å². The first-order valence-corrected chi connectivity index (χ1v) is 7.77. The predicted octanol–water partition coefficient (Wildman–Crippen LogP) is 4.15. The third-order valence-electron chi connectivity index (χ3n) is 4.23. The summed E-state index contributed by atoms with van der Waals surface area (Å²) in [5, 5.41) is 3.39. The van der Waals surface area contributed by atoms with E-state index < -0.39 is 0 Å². The fourth-order valence-corrected chi connectivity index (χ4v) is 2.91. The smallest absolute Gasteiger partial charge is 0.129 e. The normalized spacial score (nSPS) is 13.5. The minimum absolute atomic E-state index is 0.0854. The van der Waals surface area contributed by atoms with Gasteiger partial charge in [-0.25, -0.2) is 4.39 Å². The lowest BCUT2D eigenvalue weighted by molar-refractivity contribution is 0.601. The molecule has 2 nitrogen and oxygen atoms in total. The second-order valence-electron chi connectivity index (χ2n) is 5.81. The van der Waals surface area contributed by atoms with Crippen molar-refractivity contribution < 1.29 is 4.39 Å². The number of rotatable bonds is 4. The largest absolute Gasteiger partial charge is 0.385 e. The van der Waals surface area contributed by atoms with Gasteiger partial charge in [0.05, 0.1) is 0 Å². The Morgan fingerprint density at radius 2 is 2.05 bits per heavy atom. The van der Waals surface area contributed by atoms with Crippen molar-refractivity contribution >= 4 is 11.4 Å². The average molecular weight is 296 g/mol. The molecule has 114 valence electrons. The van der Waals surface area contributed by atoms with Crippen LogP contribution in [0, 0.1) is 12.7 Å². The Kier molecular flexibility index (Phi) is 4.23. The van der Waals surface area contributed by atoms with Crippen LogP contribution in [0.3, 0.4) is 0 Å². The minimum Gasteiger partial charge on any atom is -0.385 e. The summed E-state index contributed by atoms with van der Waals surface area (Å²) in [5.41, 5.74) is 6.25. The number of aliphatic imine (C=N–C) groups is 1. The molecule has 1 aliphatic rings. The molecule has 1 N–H and O–H groups in total. The Morgan fingerprint density at radius 3 is 2.91 bits per heavy atom. The van der Waals surface area contributed by atoms with Crippen LogP contribution in [-0.4, -0.2) is 18.8 Å². The third kappa shape index (κ3) is 3.03. The summed E-state index contributed by atoms with van der Waals surface area (Å²) >= 11 is 0. The van der Waals surface area contributed by atoms with Crippen LogP contribution in [0.25, 0.3) is 0 Å². The molecule has 0 spiro atoms. The van der Waals surface area contributed by atoms with E-state index in [0.717, 1.165) is 36.5 Å². The molecular formula is C19H21FN2. The molecule has 3 rings (SSSR count). The van der Waals surface area contributed by atoms with E-state index in [1.807, 2.05) is 12.1 Å². The molecule has 1 heterocycles. The van der Waals surface area contributed by atoms with Gasteiger partial charge in [-0.05, 0) is 55.5 Å². The molecule has 0 saturated heterocycles. The molecular weight excluding hydrogens is 275 g/mol. The van der Waals surface area contributed by atoms with Crippen molar-refractivity contribution in [3.05, 3.63) is 64.5 Å². The maximum atomic E-state index is 14.0. The first-order valence-electron chi connectivity index (χ1n) is 7.77. The molecule has 0 radical (unpaired) electrons. The number of hydrogen-bond donors (Lipinski definition) is 1. The summed E-state index contributed by atoms with van der Waals surface area (Å²) in [5.74, 6) is -0.0854.